The van der Waals surface area contributed by atoms with E-state index < -0.39 is 0 Å². The Morgan fingerprint density at radius 1 is 1.22 bits per heavy atom. The zero-order chi connectivity index (χ0) is 12.8. The second-order valence-corrected chi connectivity index (χ2v) is 5.44. The van der Waals surface area contributed by atoms with E-state index in [9.17, 15) is 4.79 Å². The number of ether oxygens (including phenoxy) is 1. The molecular weight excluding hydrogens is 230 g/mol. The van der Waals surface area contributed by atoms with Crippen LogP contribution in [-0.2, 0) is 9.53 Å². The van der Waals surface area contributed by atoms with Gasteiger partial charge in [0.1, 0.15) is 0 Å². The molecule has 0 spiro atoms. The Hall–Kier alpha value is -0.610. The fourth-order valence-corrected chi connectivity index (χ4v) is 3.06. The van der Waals surface area contributed by atoms with E-state index in [1.165, 1.54) is 12.8 Å². The minimum absolute atomic E-state index is 0.128. The van der Waals surface area contributed by atoms with Gasteiger partial charge in [0.25, 0.3) is 0 Å². The lowest BCUT2D eigenvalue weighted by molar-refractivity contribution is -0.139. The number of carbonyl (C=O) groups excluding carboxylic acids is 1. The van der Waals surface area contributed by atoms with Gasteiger partial charge < -0.3 is 14.7 Å². The van der Waals surface area contributed by atoms with Gasteiger partial charge in [0.2, 0.25) is 5.91 Å². The van der Waals surface area contributed by atoms with Crippen LogP contribution in [0.5, 0.6) is 0 Å². The molecule has 0 aromatic rings. The summed E-state index contributed by atoms with van der Waals surface area (Å²) in [6.07, 6.45) is 8.01. The average molecular weight is 255 g/mol. The number of carbonyl (C=O) groups is 1. The van der Waals surface area contributed by atoms with Crippen LogP contribution in [0.4, 0.5) is 0 Å². The fourth-order valence-electron chi connectivity index (χ4n) is 3.06. The van der Waals surface area contributed by atoms with Crippen LogP contribution in [0.25, 0.3) is 0 Å². The summed E-state index contributed by atoms with van der Waals surface area (Å²) in [4.78, 5) is 14.3. The number of amides is 1. The highest BCUT2D eigenvalue weighted by Crippen LogP contribution is 2.23. The molecule has 104 valence electrons. The van der Waals surface area contributed by atoms with Crippen molar-refractivity contribution in [1.29, 1.82) is 0 Å². The van der Waals surface area contributed by atoms with Gasteiger partial charge in [0.05, 0.1) is 12.5 Å². The molecule has 2 aliphatic heterocycles. The number of rotatable bonds is 4. The van der Waals surface area contributed by atoms with E-state index in [0.717, 1.165) is 45.3 Å². The molecule has 0 aliphatic carbocycles. The maximum absolute atomic E-state index is 12.3. The molecule has 0 radical (unpaired) electrons. The van der Waals surface area contributed by atoms with E-state index in [1.807, 2.05) is 4.90 Å². The van der Waals surface area contributed by atoms with E-state index in [4.69, 9.17) is 9.84 Å². The van der Waals surface area contributed by atoms with Gasteiger partial charge in [0.15, 0.2) is 0 Å². The second-order valence-electron chi connectivity index (χ2n) is 5.44. The summed E-state index contributed by atoms with van der Waals surface area (Å²) in [5, 5.41) is 9.08. The van der Waals surface area contributed by atoms with Crippen molar-refractivity contribution < 1.29 is 14.6 Å². The van der Waals surface area contributed by atoms with Crippen molar-refractivity contribution in [2.45, 2.75) is 63.5 Å². The zero-order valence-electron chi connectivity index (χ0n) is 11.1. The zero-order valence-corrected chi connectivity index (χ0v) is 11.1. The summed E-state index contributed by atoms with van der Waals surface area (Å²) in [6, 6.07) is 0.250. The summed E-state index contributed by atoms with van der Waals surface area (Å²) < 4.78 is 5.64. The van der Waals surface area contributed by atoms with E-state index in [1.54, 1.807) is 0 Å². The van der Waals surface area contributed by atoms with Gasteiger partial charge in [-0.3, -0.25) is 4.79 Å². The molecule has 4 nitrogen and oxygen atoms in total. The third kappa shape index (κ3) is 3.69. The van der Waals surface area contributed by atoms with E-state index in [0.29, 0.717) is 6.42 Å². The van der Waals surface area contributed by atoms with Crippen molar-refractivity contribution in [3.05, 3.63) is 0 Å². The van der Waals surface area contributed by atoms with Crippen LogP contribution in [0.15, 0.2) is 0 Å². The van der Waals surface area contributed by atoms with Gasteiger partial charge in [-0.05, 0) is 44.9 Å². The van der Waals surface area contributed by atoms with Crippen molar-refractivity contribution in [2.24, 2.45) is 0 Å². The van der Waals surface area contributed by atoms with Crippen LogP contribution in [0, 0.1) is 0 Å². The standard InChI is InChI=1S/C14H25NO3/c16-9-7-12-5-1-3-8-15(12)14(17)11-13-6-2-4-10-18-13/h12-13,16H,1-11H2. The number of aliphatic hydroxyl groups is 1. The Balaban J connectivity index is 1.84. The first-order valence-electron chi connectivity index (χ1n) is 7.33. The highest BCUT2D eigenvalue weighted by atomic mass is 16.5. The van der Waals surface area contributed by atoms with E-state index in [-0.39, 0.29) is 24.7 Å². The molecule has 0 aromatic carbocycles. The van der Waals surface area contributed by atoms with Crippen molar-refractivity contribution >= 4 is 5.91 Å². The first kappa shape index (κ1) is 13.8. The lowest BCUT2D eigenvalue weighted by Crippen LogP contribution is -2.45. The van der Waals surface area contributed by atoms with Crippen LogP contribution in [-0.4, -0.2) is 47.8 Å². The molecule has 2 fully saturated rings. The quantitative estimate of drug-likeness (QED) is 0.832. The van der Waals surface area contributed by atoms with Gasteiger partial charge in [0, 0.05) is 25.8 Å². The van der Waals surface area contributed by atoms with Gasteiger partial charge in [-0.1, -0.05) is 0 Å². The molecule has 1 N–H and O–H groups in total. The molecule has 0 aromatic heterocycles. The predicted octanol–water partition coefficient (Wildman–Crippen LogP) is 1.71. The Kier molecular flexibility index (Phi) is 5.45. The van der Waals surface area contributed by atoms with Gasteiger partial charge in [-0.2, -0.15) is 0 Å². The Morgan fingerprint density at radius 2 is 2.06 bits per heavy atom. The normalized spacial score (nSPS) is 29.3. The number of nitrogens with zero attached hydrogens (tertiary/aromatic N) is 1. The van der Waals surface area contributed by atoms with Crippen molar-refractivity contribution in [1.82, 2.24) is 4.90 Å². The van der Waals surface area contributed by atoms with Crippen LogP contribution in [0.2, 0.25) is 0 Å². The molecule has 0 bridgehead atoms. The number of likely N-dealkylation sites (tertiary alicyclic amines) is 1. The fraction of sp³-hybridized carbons (Fsp3) is 0.929. The Morgan fingerprint density at radius 3 is 2.78 bits per heavy atom. The van der Waals surface area contributed by atoms with Crippen LogP contribution < -0.4 is 0 Å². The summed E-state index contributed by atoms with van der Waals surface area (Å²) in [6.45, 7) is 1.84. The van der Waals surface area contributed by atoms with Crippen LogP contribution in [0.3, 0.4) is 0 Å². The van der Waals surface area contributed by atoms with Crippen molar-refractivity contribution in [3.63, 3.8) is 0 Å². The second kappa shape index (κ2) is 7.10. The molecule has 2 saturated heterocycles. The Labute approximate surface area is 109 Å². The molecule has 1 amide bonds. The molecule has 2 heterocycles. The van der Waals surface area contributed by atoms with Crippen LogP contribution in [0.1, 0.15) is 51.4 Å². The minimum atomic E-state index is 0.128. The first-order chi connectivity index (χ1) is 8.81. The van der Waals surface area contributed by atoms with Gasteiger partial charge >= 0.3 is 0 Å². The van der Waals surface area contributed by atoms with Crippen LogP contribution >= 0.6 is 0 Å². The minimum Gasteiger partial charge on any atom is -0.396 e. The number of piperidine rings is 1. The summed E-state index contributed by atoms with van der Waals surface area (Å²) in [7, 11) is 0. The summed E-state index contributed by atoms with van der Waals surface area (Å²) in [5.74, 6) is 0.222. The number of aliphatic hydroxyl groups excluding tert-OH is 1. The maximum Gasteiger partial charge on any atom is 0.225 e. The summed E-state index contributed by atoms with van der Waals surface area (Å²) >= 11 is 0. The number of hydrogen-bond acceptors (Lipinski definition) is 3. The summed E-state index contributed by atoms with van der Waals surface area (Å²) in [5.41, 5.74) is 0. The maximum atomic E-state index is 12.3. The predicted molar refractivity (Wildman–Crippen MR) is 69.3 cm³/mol. The molecule has 2 atom stereocenters. The van der Waals surface area contributed by atoms with Gasteiger partial charge in [-0.15, -0.1) is 0 Å². The topological polar surface area (TPSA) is 49.8 Å². The van der Waals surface area contributed by atoms with E-state index in [2.05, 4.69) is 0 Å². The molecule has 4 heteroatoms. The third-order valence-corrected chi connectivity index (χ3v) is 4.09. The largest absolute Gasteiger partial charge is 0.396 e. The average Bonchev–Trinajstić information content (AvgIpc) is 2.41. The molecular formula is C14H25NO3. The Bertz CT molecular complexity index is 262. The lowest BCUT2D eigenvalue weighted by Gasteiger charge is -2.36. The SMILES string of the molecule is O=C(CC1CCCCO1)N1CCCCC1CCO. The number of hydrogen-bond donors (Lipinski definition) is 1. The molecule has 2 rings (SSSR count). The molecule has 2 unspecified atom stereocenters. The third-order valence-electron chi connectivity index (χ3n) is 4.09. The smallest absolute Gasteiger partial charge is 0.225 e. The monoisotopic (exact) mass is 255 g/mol. The molecule has 0 saturated carbocycles. The lowest BCUT2D eigenvalue weighted by atomic mass is 9.98. The highest BCUT2D eigenvalue weighted by molar-refractivity contribution is 5.77. The van der Waals surface area contributed by atoms with E-state index >= 15 is 0 Å². The van der Waals surface area contributed by atoms with Crippen molar-refractivity contribution in [2.75, 3.05) is 19.8 Å². The van der Waals surface area contributed by atoms with Gasteiger partial charge in [-0.25, -0.2) is 0 Å². The van der Waals surface area contributed by atoms with Crippen molar-refractivity contribution in [3.8, 4) is 0 Å². The highest BCUT2D eigenvalue weighted by Gasteiger charge is 2.28. The molecule has 2 aliphatic rings. The molecule has 18 heavy (non-hydrogen) atoms. The first-order valence-corrected chi connectivity index (χ1v) is 7.33.